The van der Waals surface area contributed by atoms with Gasteiger partial charge in [0.15, 0.2) is 5.15 Å². The number of nitrogens with zero attached hydrogens (tertiary/aromatic N) is 4. The van der Waals surface area contributed by atoms with Crippen LogP contribution in [0.5, 0.6) is 0 Å². The van der Waals surface area contributed by atoms with Crippen molar-refractivity contribution in [3.8, 4) is 0 Å². The Labute approximate surface area is 136 Å². The maximum atomic E-state index is 5.74. The first-order valence-electron chi connectivity index (χ1n) is 7.31. The molecule has 2 fully saturated rings. The topological polar surface area (TPSA) is 29.0 Å². The van der Waals surface area contributed by atoms with Crippen LogP contribution < -0.4 is 17.0 Å². The van der Waals surface area contributed by atoms with Gasteiger partial charge in [-0.15, -0.1) is 5.10 Å². The van der Waals surface area contributed by atoms with Crippen molar-refractivity contribution in [2.45, 2.75) is 19.3 Å². The fourth-order valence-corrected chi connectivity index (χ4v) is 3.46. The summed E-state index contributed by atoms with van der Waals surface area (Å²) < 4.78 is 1.39. The lowest BCUT2D eigenvalue weighted by atomic mass is 10.2. The monoisotopic (exact) mass is 360 g/mol. The van der Waals surface area contributed by atoms with Gasteiger partial charge in [-0.1, -0.05) is 11.6 Å². The number of aromatic nitrogens is 2. The van der Waals surface area contributed by atoms with E-state index in [1.165, 1.54) is 56.6 Å². The van der Waals surface area contributed by atoms with Gasteiger partial charge in [0.1, 0.15) is 0 Å². The average Bonchev–Trinajstić information content (AvgIpc) is 2.89. The van der Waals surface area contributed by atoms with Gasteiger partial charge in [0.05, 0.1) is 31.9 Å². The summed E-state index contributed by atoms with van der Waals surface area (Å²) in [7, 11) is 0. The van der Waals surface area contributed by atoms with Crippen LogP contribution in [0.15, 0.2) is 12.1 Å². The molecule has 0 N–H and O–H groups in total. The molecule has 0 radical (unpaired) electrons. The molecule has 0 aromatic carbocycles. The predicted molar refractivity (Wildman–Crippen MR) is 76.1 cm³/mol. The van der Waals surface area contributed by atoms with Crippen molar-refractivity contribution in [2.24, 2.45) is 0 Å². The SMILES string of the molecule is Clc1ccc(CCN2CC[N+]3(CCCC3)CC2)nn1.[Br-]. The van der Waals surface area contributed by atoms with E-state index in [2.05, 4.69) is 15.1 Å². The van der Waals surface area contributed by atoms with Gasteiger partial charge in [0, 0.05) is 38.9 Å². The summed E-state index contributed by atoms with van der Waals surface area (Å²) >= 11 is 5.74. The maximum Gasteiger partial charge on any atom is 0.151 e. The molecule has 2 saturated heterocycles. The molecule has 3 rings (SSSR count). The molecule has 0 saturated carbocycles. The van der Waals surface area contributed by atoms with Crippen molar-refractivity contribution >= 4 is 11.6 Å². The summed E-state index contributed by atoms with van der Waals surface area (Å²) in [5.41, 5.74) is 1.04. The summed E-state index contributed by atoms with van der Waals surface area (Å²) in [6.07, 6.45) is 3.84. The number of piperazine rings is 1. The first-order chi connectivity index (χ1) is 9.26. The van der Waals surface area contributed by atoms with Crippen molar-refractivity contribution in [1.29, 1.82) is 0 Å². The lowest BCUT2D eigenvalue weighted by Gasteiger charge is -2.42. The minimum Gasteiger partial charge on any atom is -1.00 e. The standard InChI is InChI=1S/C14H22ClN4.BrH/c15-14-4-3-13(16-17-14)5-6-18-7-11-19(12-8-18)9-1-2-10-19;/h3-4H,1-2,5-12H2;1H/q+1;/p-1. The van der Waals surface area contributed by atoms with Crippen molar-refractivity contribution in [3.63, 3.8) is 0 Å². The van der Waals surface area contributed by atoms with E-state index >= 15 is 0 Å². The van der Waals surface area contributed by atoms with Gasteiger partial charge in [-0.3, -0.25) is 4.90 Å². The highest BCUT2D eigenvalue weighted by Gasteiger charge is 2.35. The lowest BCUT2D eigenvalue weighted by Crippen LogP contribution is -3.00. The Morgan fingerprint density at radius 2 is 1.75 bits per heavy atom. The Kier molecular flexibility index (Phi) is 5.78. The smallest absolute Gasteiger partial charge is 0.151 e. The zero-order valence-electron chi connectivity index (χ0n) is 11.8. The highest BCUT2D eigenvalue weighted by atomic mass is 79.9. The van der Waals surface area contributed by atoms with E-state index in [1.807, 2.05) is 12.1 Å². The van der Waals surface area contributed by atoms with Crippen LogP contribution >= 0.6 is 11.6 Å². The summed E-state index contributed by atoms with van der Waals surface area (Å²) in [5, 5.41) is 8.49. The van der Waals surface area contributed by atoms with E-state index < -0.39 is 0 Å². The number of quaternary nitrogens is 1. The van der Waals surface area contributed by atoms with Crippen LogP contribution in [0.2, 0.25) is 5.15 Å². The third-order valence-electron chi connectivity index (χ3n) is 4.67. The molecule has 0 unspecified atom stereocenters. The summed E-state index contributed by atoms with van der Waals surface area (Å²) in [5.74, 6) is 0. The van der Waals surface area contributed by atoms with Gasteiger partial charge >= 0.3 is 0 Å². The maximum absolute atomic E-state index is 5.74. The van der Waals surface area contributed by atoms with Crippen LogP contribution in [0, 0.1) is 0 Å². The molecule has 4 nitrogen and oxygen atoms in total. The number of hydrogen-bond donors (Lipinski definition) is 0. The van der Waals surface area contributed by atoms with Gasteiger partial charge in [-0.2, -0.15) is 5.10 Å². The third kappa shape index (κ3) is 3.91. The molecular weight excluding hydrogens is 340 g/mol. The average molecular weight is 362 g/mol. The second-order valence-corrected chi connectivity index (χ2v) is 6.27. The Balaban J connectivity index is 0.00000147. The van der Waals surface area contributed by atoms with Crippen molar-refractivity contribution in [2.75, 3.05) is 45.8 Å². The highest BCUT2D eigenvalue weighted by molar-refractivity contribution is 6.29. The molecule has 0 bridgehead atoms. The van der Waals surface area contributed by atoms with Crippen LogP contribution in [-0.4, -0.2) is 65.4 Å². The van der Waals surface area contributed by atoms with Crippen LogP contribution in [0.3, 0.4) is 0 Å². The summed E-state index contributed by atoms with van der Waals surface area (Å²) in [6.45, 7) is 9.07. The third-order valence-corrected chi connectivity index (χ3v) is 4.87. The summed E-state index contributed by atoms with van der Waals surface area (Å²) in [4.78, 5) is 2.57. The second kappa shape index (κ2) is 7.16. The Hall–Kier alpha value is -0.230. The highest BCUT2D eigenvalue weighted by Crippen LogP contribution is 2.22. The van der Waals surface area contributed by atoms with Crippen molar-refractivity contribution in [1.82, 2.24) is 15.1 Å². The zero-order valence-corrected chi connectivity index (χ0v) is 14.1. The Bertz CT molecular complexity index is 410. The molecule has 1 aromatic heterocycles. The molecule has 1 aromatic rings. The van der Waals surface area contributed by atoms with Crippen molar-refractivity contribution < 1.29 is 21.5 Å². The molecule has 0 aliphatic carbocycles. The van der Waals surface area contributed by atoms with E-state index in [1.54, 1.807) is 0 Å². The molecule has 6 heteroatoms. The normalized spacial score (nSPS) is 21.9. The predicted octanol–water partition coefficient (Wildman–Crippen LogP) is -1.40. The van der Waals surface area contributed by atoms with Crippen molar-refractivity contribution in [3.05, 3.63) is 23.0 Å². The van der Waals surface area contributed by atoms with Gasteiger partial charge in [-0.25, -0.2) is 0 Å². The van der Waals surface area contributed by atoms with Crippen LogP contribution in [0.4, 0.5) is 0 Å². The molecule has 2 aliphatic heterocycles. The number of rotatable bonds is 3. The second-order valence-electron chi connectivity index (χ2n) is 5.88. The number of hydrogen-bond acceptors (Lipinski definition) is 3. The van der Waals surface area contributed by atoms with Crippen LogP contribution in [0.1, 0.15) is 18.5 Å². The van der Waals surface area contributed by atoms with E-state index in [4.69, 9.17) is 11.6 Å². The van der Waals surface area contributed by atoms with Crippen LogP contribution in [0.25, 0.3) is 0 Å². The molecule has 1 spiro atoms. The largest absolute Gasteiger partial charge is 1.00 e. The van der Waals surface area contributed by atoms with E-state index in [0.717, 1.165) is 18.7 Å². The minimum atomic E-state index is 0. The molecular formula is C14H22BrClN4. The van der Waals surface area contributed by atoms with E-state index in [-0.39, 0.29) is 17.0 Å². The van der Waals surface area contributed by atoms with E-state index in [0.29, 0.717) is 5.15 Å². The van der Waals surface area contributed by atoms with Gasteiger partial charge in [-0.05, 0) is 12.1 Å². The molecule has 0 atom stereocenters. The van der Waals surface area contributed by atoms with E-state index in [9.17, 15) is 0 Å². The fourth-order valence-electron chi connectivity index (χ4n) is 3.36. The first-order valence-corrected chi connectivity index (χ1v) is 7.69. The number of halogens is 2. The first kappa shape index (κ1) is 16.1. The Morgan fingerprint density at radius 1 is 1.05 bits per heavy atom. The molecule has 112 valence electrons. The molecule has 0 amide bonds. The minimum absolute atomic E-state index is 0. The molecule has 20 heavy (non-hydrogen) atoms. The van der Waals surface area contributed by atoms with Gasteiger partial charge in [0.25, 0.3) is 0 Å². The van der Waals surface area contributed by atoms with Gasteiger partial charge in [0.2, 0.25) is 0 Å². The van der Waals surface area contributed by atoms with Crippen LogP contribution in [-0.2, 0) is 6.42 Å². The summed E-state index contributed by atoms with van der Waals surface area (Å²) in [6, 6.07) is 3.80. The van der Waals surface area contributed by atoms with Gasteiger partial charge < -0.3 is 21.5 Å². The molecule has 2 aliphatic rings. The fraction of sp³-hybridized carbons (Fsp3) is 0.714. The lowest BCUT2D eigenvalue weighted by molar-refractivity contribution is -0.920. The quantitative estimate of drug-likeness (QED) is 0.620. The zero-order chi connectivity index (χ0) is 13.1. The Morgan fingerprint density at radius 3 is 2.35 bits per heavy atom. The molecule has 3 heterocycles.